The molecule has 0 aliphatic carbocycles. The fraction of sp³-hybridized carbons (Fsp3) is 0.300. The van der Waals surface area contributed by atoms with E-state index in [0.717, 1.165) is 22.5 Å². The largest absolute Gasteiger partial charge is 0.379 e. The van der Waals surface area contributed by atoms with Gasteiger partial charge in [-0.2, -0.15) is 0 Å². The molecule has 1 spiro atoms. The van der Waals surface area contributed by atoms with E-state index in [1.54, 1.807) is 37.7 Å². The zero-order valence-electron chi connectivity index (χ0n) is 15.9. The van der Waals surface area contributed by atoms with Gasteiger partial charge in [-0.3, -0.25) is 0 Å². The van der Waals surface area contributed by atoms with Gasteiger partial charge in [0.15, 0.2) is 9.84 Å². The highest BCUT2D eigenvalue weighted by molar-refractivity contribution is 7.91. The van der Waals surface area contributed by atoms with Gasteiger partial charge >= 0.3 is 0 Å². The van der Waals surface area contributed by atoms with Crippen molar-refractivity contribution >= 4 is 27.2 Å². The van der Waals surface area contributed by atoms with Crippen LogP contribution in [0.4, 0.5) is 11.6 Å². The summed E-state index contributed by atoms with van der Waals surface area (Å²) < 4.78 is 30.3. The molecule has 0 atom stereocenters. The van der Waals surface area contributed by atoms with Crippen LogP contribution in [0.15, 0.2) is 53.8 Å². The fourth-order valence-corrected chi connectivity index (χ4v) is 4.81. The van der Waals surface area contributed by atoms with E-state index in [9.17, 15) is 8.42 Å². The summed E-state index contributed by atoms with van der Waals surface area (Å²) in [5, 5.41) is 0. The smallest absolute Gasteiger partial charge is 0.229 e. The minimum atomic E-state index is -3.30. The first-order chi connectivity index (χ1) is 14.0. The number of rotatable bonds is 4. The van der Waals surface area contributed by atoms with E-state index in [2.05, 4.69) is 20.8 Å². The molecule has 1 saturated heterocycles. The summed E-state index contributed by atoms with van der Waals surface area (Å²) in [6, 6.07) is 5.37. The number of nitrogens with one attached hydrogen (secondary N) is 2. The van der Waals surface area contributed by atoms with Gasteiger partial charge in [-0.05, 0) is 29.8 Å². The zero-order chi connectivity index (χ0) is 20.1. The van der Waals surface area contributed by atoms with Crippen LogP contribution in [-0.4, -0.2) is 43.9 Å². The third-order valence-electron chi connectivity index (χ3n) is 5.63. The van der Waals surface area contributed by atoms with E-state index in [-0.39, 0.29) is 11.2 Å². The first-order valence-electron chi connectivity index (χ1n) is 9.46. The van der Waals surface area contributed by atoms with Gasteiger partial charge in [0.1, 0.15) is 0 Å². The van der Waals surface area contributed by atoms with E-state index >= 15 is 0 Å². The van der Waals surface area contributed by atoms with Gasteiger partial charge in [0.25, 0.3) is 0 Å². The van der Waals surface area contributed by atoms with Crippen LogP contribution < -0.4 is 15.8 Å². The Kier molecular flexibility index (Phi) is 4.11. The molecule has 3 aliphatic rings. The lowest BCUT2D eigenvalue weighted by Crippen LogP contribution is -2.49. The average Bonchev–Trinajstić information content (AvgIpc) is 3.10. The molecule has 9 heteroatoms. The number of aromatic nitrogens is 2. The third kappa shape index (κ3) is 2.89. The van der Waals surface area contributed by atoms with Crippen molar-refractivity contribution in [2.75, 3.05) is 30.4 Å². The molecule has 5 rings (SSSR count). The lowest BCUT2D eigenvalue weighted by atomic mass is 9.81. The highest BCUT2D eigenvalue weighted by atomic mass is 32.2. The molecule has 1 fully saturated rings. The number of ether oxygens (including phenoxy) is 1. The quantitative estimate of drug-likeness (QED) is 0.784. The molecule has 1 aromatic carbocycles. The van der Waals surface area contributed by atoms with Crippen molar-refractivity contribution in [3.63, 3.8) is 0 Å². The highest BCUT2D eigenvalue weighted by Crippen LogP contribution is 2.48. The molecule has 0 saturated carbocycles. The standard InChI is InChI=1S/C20H21N5O3S/c1-2-29(26,27)15-5-6-16-18(8-15)25(11-20(16)12-28-13-20)19-21-9-14(10-22-19)17-4-3-7-23-24-17/h3-10,23-24H,2,11-13H2,1H3. The normalized spacial score (nSPS) is 19.2. The van der Waals surface area contributed by atoms with Crippen LogP contribution in [0.3, 0.4) is 0 Å². The van der Waals surface area contributed by atoms with E-state index in [1.165, 1.54) is 0 Å². The maximum atomic E-state index is 12.4. The molecule has 2 aromatic rings. The first-order valence-corrected chi connectivity index (χ1v) is 11.1. The van der Waals surface area contributed by atoms with E-state index in [4.69, 9.17) is 4.74 Å². The molecule has 3 aliphatic heterocycles. The van der Waals surface area contributed by atoms with Crippen molar-refractivity contribution < 1.29 is 13.2 Å². The van der Waals surface area contributed by atoms with E-state index in [1.807, 2.05) is 23.1 Å². The Labute approximate surface area is 169 Å². The molecule has 150 valence electrons. The van der Waals surface area contributed by atoms with Crippen molar-refractivity contribution in [3.8, 4) is 0 Å². The van der Waals surface area contributed by atoms with Crippen molar-refractivity contribution in [3.05, 3.63) is 60.1 Å². The minimum Gasteiger partial charge on any atom is -0.379 e. The van der Waals surface area contributed by atoms with Gasteiger partial charge in [-0.1, -0.05) is 13.0 Å². The van der Waals surface area contributed by atoms with Gasteiger partial charge in [-0.25, -0.2) is 18.4 Å². The zero-order valence-corrected chi connectivity index (χ0v) is 16.7. The van der Waals surface area contributed by atoms with Crippen LogP contribution in [0, 0.1) is 0 Å². The van der Waals surface area contributed by atoms with Crippen molar-refractivity contribution in [1.29, 1.82) is 0 Å². The topological polar surface area (TPSA) is 96.5 Å². The molecule has 0 bridgehead atoms. The predicted octanol–water partition coefficient (Wildman–Crippen LogP) is 1.65. The van der Waals surface area contributed by atoms with Crippen LogP contribution in [-0.2, 0) is 20.0 Å². The van der Waals surface area contributed by atoms with Crippen LogP contribution in [0.2, 0.25) is 0 Å². The van der Waals surface area contributed by atoms with E-state index in [0.29, 0.717) is 30.6 Å². The van der Waals surface area contributed by atoms with Crippen LogP contribution in [0.1, 0.15) is 18.1 Å². The summed E-state index contributed by atoms with van der Waals surface area (Å²) in [6.45, 7) is 3.55. The molecule has 29 heavy (non-hydrogen) atoms. The summed E-state index contributed by atoms with van der Waals surface area (Å²) in [6.07, 6.45) is 9.14. The van der Waals surface area contributed by atoms with E-state index < -0.39 is 9.84 Å². The number of allylic oxidation sites excluding steroid dienone is 2. The van der Waals surface area contributed by atoms with Crippen LogP contribution in [0.25, 0.3) is 5.70 Å². The fourth-order valence-electron chi connectivity index (χ4n) is 3.91. The lowest BCUT2D eigenvalue weighted by Gasteiger charge is -2.38. The average molecular weight is 411 g/mol. The summed E-state index contributed by atoms with van der Waals surface area (Å²) >= 11 is 0. The van der Waals surface area contributed by atoms with Gasteiger partial charge in [0.05, 0.1) is 35.0 Å². The van der Waals surface area contributed by atoms with Crippen molar-refractivity contribution in [2.45, 2.75) is 17.2 Å². The molecular weight excluding hydrogens is 390 g/mol. The lowest BCUT2D eigenvalue weighted by molar-refractivity contribution is -0.0507. The van der Waals surface area contributed by atoms with Gasteiger partial charge < -0.3 is 20.5 Å². The molecule has 0 unspecified atom stereocenters. The third-order valence-corrected chi connectivity index (χ3v) is 7.36. The Morgan fingerprint density at radius 2 is 2.03 bits per heavy atom. The Morgan fingerprint density at radius 3 is 2.66 bits per heavy atom. The number of benzene rings is 1. The van der Waals surface area contributed by atoms with Crippen molar-refractivity contribution in [1.82, 2.24) is 20.8 Å². The molecule has 8 nitrogen and oxygen atoms in total. The second-order valence-electron chi connectivity index (χ2n) is 7.42. The minimum absolute atomic E-state index is 0.0653. The molecular formula is C20H21N5O3S. The maximum absolute atomic E-state index is 12.4. The number of hydrogen-bond acceptors (Lipinski definition) is 8. The van der Waals surface area contributed by atoms with Crippen molar-refractivity contribution in [2.24, 2.45) is 0 Å². The number of hydrogen-bond donors (Lipinski definition) is 2. The summed E-state index contributed by atoms with van der Waals surface area (Å²) in [7, 11) is -3.30. The number of hydrazine groups is 1. The second-order valence-corrected chi connectivity index (χ2v) is 9.70. The monoisotopic (exact) mass is 411 g/mol. The highest BCUT2D eigenvalue weighted by Gasteiger charge is 2.49. The second kappa shape index (κ2) is 6.57. The summed E-state index contributed by atoms with van der Waals surface area (Å²) in [5.41, 5.74) is 9.52. The molecule has 1 aromatic heterocycles. The summed E-state index contributed by atoms with van der Waals surface area (Å²) in [4.78, 5) is 11.4. The number of sulfone groups is 1. The van der Waals surface area contributed by atoms with Crippen LogP contribution in [0.5, 0.6) is 0 Å². The Hall–Kier alpha value is -2.91. The summed E-state index contributed by atoms with van der Waals surface area (Å²) in [5.74, 6) is 0.611. The maximum Gasteiger partial charge on any atom is 0.229 e. The Balaban J connectivity index is 1.54. The van der Waals surface area contributed by atoms with Gasteiger partial charge in [0, 0.05) is 36.4 Å². The number of nitrogens with zero attached hydrogens (tertiary/aromatic N) is 3. The first kappa shape index (κ1) is 18.1. The molecule has 0 amide bonds. The molecule has 0 radical (unpaired) electrons. The Morgan fingerprint density at radius 1 is 1.24 bits per heavy atom. The number of anilines is 2. The SMILES string of the molecule is CCS(=O)(=O)c1ccc2c(c1)N(c1ncc(C3=CC=CNN3)cn1)CC21COC1. The number of fused-ring (bicyclic) bond motifs is 2. The van der Waals surface area contributed by atoms with Crippen LogP contribution >= 0.6 is 0 Å². The van der Waals surface area contributed by atoms with Gasteiger partial charge in [0.2, 0.25) is 5.95 Å². The molecule has 4 heterocycles. The Bertz CT molecular complexity index is 1120. The molecule has 2 N–H and O–H groups in total. The predicted molar refractivity (Wildman–Crippen MR) is 109 cm³/mol. The van der Waals surface area contributed by atoms with Gasteiger partial charge in [-0.15, -0.1) is 0 Å².